The summed E-state index contributed by atoms with van der Waals surface area (Å²) in [5.74, 6) is 0.365. The van der Waals surface area contributed by atoms with Crippen LogP contribution in [0.25, 0.3) is 0 Å². The molecule has 0 saturated heterocycles. The number of benzene rings is 1. The van der Waals surface area contributed by atoms with Gasteiger partial charge in [-0.3, -0.25) is 4.79 Å². The molecule has 4 nitrogen and oxygen atoms in total. The molecule has 1 heterocycles. The summed E-state index contributed by atoms with van der Waals surface area (Å²) in [6, 6.07) is 4.10. The minimum absolute atomic E-state index is 0.175. The number of nitrogens with zero attached hydrogens (tertiary/aromatic N) is 1. The van der Waals surface area contributed by atoms with Crippen LogP contribution in [0.1, 0.15) is 38.5 Å². The Labute approximate surface area is 112 Å². The van der Waals surface area contributed by atoms with Crippen LogP contribution < -0.4 is 5.32 Å². The SMILES string of the molecule is Cc1cc(C)c(NC(=O)c2c(C)noc2C)c(C)c1. The molecule has 0 unspecified atom stereocenters. The number of hydrogen-bond acceptors (Lipinski definition) is 3. The van der Waals surface area contributed by atoms with Crippen molar-refractivity contribution in [1.29, 1.82) is 0 Å². The van der Waals surface area contributed by atoms with Gasteiger partial charge in [0.15, 0.2) is 0 Å². The van der Waals surface area contributed by atoms with Gasteiger partial charge in [-0.05, 0) is 45.7 Å². The minimum Gasteiger partial charge on any atom is -0.361 e. The average molecular weight is 258 g/mol. The summed E-state index contributed by atoms with van der Waals surface area (Å²) in [6.07, 6.45) is 0. The predicted molar refractivity (Wildman–Crippen MR) is 74.6 cm³/mol. The summed E-state index contributed by atoms with van der Waals surface area (Å²) in [5, 5.41) is 6.75. The van der Waals surface area contributed by atoms with E-state index < -0.39 is 0 Å². The van der Waals surface area contributed by atoms with E-state index in [0.29, 0.717) is 17.0 Å². The van der Waals surface area contributed by atoms with Crippen LogP contribution in [-0.2, 0) is 0 Å². The molecule has 1 aromatic carbocycles. The number of carbonyl (C=O) groups is 1. The standard InChI is InChI=1S/C15H18N2O2/c1-8-6-9(2)14(10(3)7-8)16-15(18)13-11(4)17-19-12(13)5/h6-7H,1-5H3,(H,16,18). The Balaban J connectivity index is 2.35. The van der Waals surface area contributed by atoms with E-state index in [2.05, 4.69) is 22.6 Å². The van der Waals surface area contributed by atoms with Gasteiger partial charge in [-0.25, -0.2) is 0 Å². The Hall–Kier alpha value is -2.10. The summed E-state index contributed by atoms with van der Waals surface area (Å²) >= 11 is 0. The number of amides is 1. The number of anilines is 1. The number of carbonyl (C=O) groups excluding carboxylic acids is 1. The van der Waals surface area contributed by atoms with Crippen molar-refractivity contribution in [2.45, 2.75) is 34.6 Å². The van der Waals surface area contributed by atoms with E-state index >= 15 is 0 Å². The van der Waals surface area contributed by atoms with Crippen LogP contribution in [0.3, 0.4) is 0 Å². The van der Waals surface area contributed by atoms with Crippen molar-refractivity contribution in [1.82, 2.24) is 5.16 Å². The molecule has 19 heavy (non-hydrogen) atoms. The van der Waals surface area contributed by atoms with Gasteiger partial charge in [-0.15, -0.1) is 0 Å². The van der Waals surface area contributed by atoms with Crippen LogP contribution >= 0.6 is 0 Å². The zero-order valence-corrected chi connectivity index (χ0v) is 11.9. The Morgan fingerprint density at radius 3 is 2.16 bits per heavy atom. The van der Waals surface area contributed by atoms with Gasteiger partial charge >= 0.3 is 0 Å². The van der Waals surface area contributed by atoms with Gasteiger partial charge in [0.2, 0.25) is 0 Å². The first kappa shape index (κ1) is 13.3. The van der Waals surface area contributed by atoms with Crippen molar-refractivity contribution in [3.05, 3.63) is 45.8 Å². The Kier molecular flexibility index (Phi) is 3.42. The number of nitrogens with one attached hydrogen (secondary N) is 1. The van der Waals surface area contributed by atoms with Crippen LogP contribution in [0.15, 0.2) is 16.7 Å². The van der Waals surface area contributed by atoms with Crippen LogP contribution in [0.5, 0.6) is 0 Å². The molecule has 0 aliphatic rings. The molecule has 0 radical (unpaired) electrons. The van der Waals surface area contributed by atoms with Crippen molar-refractivity contribution < 1.29 is 9.32 Å². The van der Waals surface area contributed by atoms with Gasteiger partial charge in [0, 0.05) is 5.69 Å². The number of aryl methyl sites for hydroxylation is 5. The summed E-state index contributed by atoms with van der Waals surface area (Å²) in [4.78, 5) is 12.3. The zero-order valence-electron chi connectivity index (χ0n) is 11.9. The van der Waals surface area contributed by atoms with Gasteiger partial charge < -0.3 is 9.84 Å². The molecule has 0 fully saturated rings. The number of rotatable bonds is 2. The quantitative estimate of drug-likeness (QED) is 0.897. The number of hydrogen-bond donors (Lipinski definition) is 1. The molecule has 0 spiro atoms. The van der Waals surface area contributed by atoms with Crippen molar-refractivity contribution >= 4 is 11.6 Å². The fourth-order valence-corrected chi connectivity index (χ4v) is 2.36. The maximum absolute atomic E-state index is 12.3. The predicted octanol–water partition coefficient (Wildman–Crippen LogP) is 3.47. The highest BCUT2D eigenvalue weighted by atomic mass is 16.5. The average Bonchev–Trinajstić information content (AvgIpc) is 2.63. The molecular formula is C15H18N2O2. The summed E-state index contributed by atoms with van der Waals surface area (Å²) in [5.41, 5.74) is 5.27. The van der Waals surface area contributed by atoms with E-state index in [1.54, 1.807) is 13.8 Å². The first-order valence-electron chi connectivity index (χ1n) is 6.22. The molecule has 0 saturated carbocycles. The molecular weight excluding hydrogens is 240 g/mol. The molecule has 4 heteroatoms. The molecule has 0 aliphatic carbocycles. The third kappa shape index (κ3) is 2.52. The third-order valence-corrected chi connectivity index (χ3v) is 3.18. The van der Waals surface area contributed by atoms with Crippen LogP contribution in [0.4, 0.5) is 5.69 Å². The highest BCUT2D eigenvalue weighted by Gasteiger charge is 2.18. The molecule has 2 rings (SSSR count). The molecule has 100 valence electrons. The fourth-order valence-electron chi connectivity index (χ4n) is 2.36. The lowest BCUT2D eigenvalue weighted by molar-refractivity contribution is 0.102. The van der Waals surface area contributed by atoms with E-state index in [4.69, 9.17) is 4.52 Å². The largest absolute Gasteiger partial charge is 0.361 e. The lowest BCUT2D eigenvalue weighted by Crippen LogP contribution is -2.15. The van der Waals surface area contributed by atoms with Crippen molar-refractivity contribution in [2.75, 3.05) is 5.32 Å². The Morgan fingerprint density at radius 2 is 1.68 bits per heavy atom. The molecule has 1 aromatic heterocycles. The lowest BCUT2D eigenvalue weighted by Gasteiger charge is -2.12. The van der Waals surface area contributed by atoms with Crippen molar-refractivity contribution in [2.24, 2.45) is 0 Å². The van der Waals surface area contributed by atoms with Gasteiger partial charge in [0.1, 0.15) is 11.3 Å². The van der Waals surface area contributed by atoms with E-state index in [-0.39, 0.29) is 5.91 Å². The normalized spacial score (nSPS) is 10.6. The van der Waals surface area contributed by atoms with E-state index in [1.807, 2.05) is 20.8 Å². The summed E-state index contributed by atoms with van der Waals surface area (Å²) in [6.45, 7) is 9.52. The third-order valence-electron chi connectivity index (χ3n) is 3.18. The first-order valence-corrected chi connectivity index (χ1v) is 6.22. The van der Waals surface area contributed by atoms with Crippen LogP contribution in [0.2, 0.25) is 0 Å². The molecule has 2 aromatic rings. The maximum Gasteiger partial charge on any atom is 0.261 e. The van der Waals surface area contributed by atoms with Crippen LogP contribution in [-0.4, -0.2) is 11.1 Å². The Bertz CT molecular complexity index is 599. The van der Waals surface area contributed by atoms with Crippen molar-refractivity contribution in [3.63, 3.8) is 0 Å². The van der Waals surface area contributed by atoms with Gasteiger partial charge in [-0.2, -0.15) is 0 Å². The summed E-state index contributed by atoms with van der Waals surface area (Å²) in [7, 11) is 0. The van der Waals surface area contributed by atoms with Crippen molar-refractivity contribution in [3.8, 4) is 0 Å². The summed E-state index contributed by atoms with van der Waals surface area (Å²) < 4.78 is 5.02. The topological polar surface area (TPSA) is 55.1 Å². The van der Waals surface area contributed by atoms with E-state index in [9.17, 15) is 4.79 Å². The highest BCUT2D eigenvalue weighted by Crippen LogP contribution is 2.23. The smallest absolute Gasteiger partial charge is 0.261 e. The second-order valence-corrected chi connectivity index (χ2v) is 4.93. The molecule has 1 N–H and O–H groups in total. The van der Waals surface area contributed by atoms with E-state index in [1.165, 1.54) is 5.56 Å². The molecule has 0 bridgehead atoms. The van der Waals surface area contributed by atoms with Gasteiger partial charge in [0.05, 0.1) is 5.69 Å². The Morgan fingerprint density at radius 1 is 1.11 bits per heavy atom. The second-order valence-electron chi connectivity index (χ2n) is 4.93. The van der Waals surface area contributed by atoms with Gasteiger partial charge in [-0.1, -0.05) is 22.9 Å². The highest BCUT2D eigenvalue weighted by molar-refractivity contribution is 6.06. The first-order chi connectivity index (χ1) is 8.90. The molecule has 0 atom stereocenters. The number of aromatic nitrogens is 1. The lowest BCUT2D eigenvalue weighted by atomic mass is 10.0. The minimum atomic E-state index is -0.175. The van der Waals surface area contributed by atoms with Crippen LogP contribution in [0, 0.1) is 34.6 Å². The molecule has 0 aliphatic heterocycles. The fraction of sp³-hybridized carbons (Fsp3) is 0.333. The molecule has 1 amide bonds. The second kappa shape index (κ2) is 4.88. The van der Waals surface area contributed by atoms with Gasteiger partial charge in [0.25, 0.3) is 5.91 Å². The van der Waals surface area contributed by atoms with E-state index in [0.717, 1.165) is 16.8 Å². The zero-order chi connectivity index (χ0) is 14.2. The monoisotopic (exact) mass is 258 g/mol. The maximum atomic E-state index is 12.3.